The van der Waals surface area contributed by atoms with Gasteiger partial charge >= 0.3 is 18.3 Å². The van der Waals surface area contributed by atoms with Gasteiger partial charge in [0, 0.05) is 0 Å². The van der Waals surface area contributed by atoms with E-state index in [0.29, 0.717) is 6.08 Å². The Labute approximate surface area is 95.5 Å². The second-order valence-electron chi connectivity index (χ2n) is 3.85. The highest BCUT2D eigenvalue weighted by Gasteiger charge is 2.82. The molecule has 0 N–H and O–H groups in total. The summed E-state index contributed by atoms with van der Waals surface area (Å²) in [6.07, 6.45) is -13.5. The first-order chi connectivity index (χ1) is 7.86. The molecule has 106 valence electrons. The van der Waals surface area contributed by atoms with Gasteiger partial charge in [-0.2, -0.15) is 35.1 Å². The Kier molecular flexibility index (Phi) is 3.42. The van der Waals surface area contributed by atoms with Crippen LogP contribution in [0.4, 0.5) is 39.5 Å². The summed E-state index contributed by atoms with van der Waals surface area (Å²) in [5, 5.41) is 0. The monoisotopic (exact) mass is 286 g/mol. The van der Waals surface area contributed by atoms with Gasteiger partial charge in [0.2, 0.25) is 0 Å². The lowest BCUT2D eigenvalue weighted by molar-refractivity contribution is -0.372. The van der Waals surface area contributed by atoms with Crippen LogP contribution in [-0.4, -0.2) is 23.9 Å². The number of halogens is 9. The van der Waals surface area contributed by atoms with E-state index in [2.05, 4.69) is 0 Å². The number of hydrogen-bond acceptors (Lipinski definition) is 0. The van der Waals surface area contributed by atoms with Gasteiger partial charge in [-0.1, -0.05) is 6.08 Å². The summed E-state index contributed by atoms with van der Waals surface area (Å²) in [5.41, 5.74) is -7.26. The van der Waals surface area contributed by atoms with Gasteiger partial charge in [0.05, 0.1) is 0 Å². The average Bonchev–Trinajstić information content (AvgIpc) is 2.65. The molecule has 1 atom stereocenters. The maximum absolute atomic E-state index is 13.6. The summed E-state index contributed by atoms with van der Waals surface area (Å²) in [5.74, 6) is -6.52. The number of rotatable bonds is 2. The fourth-order valence-electron chi connectivity index (χ4n) is 1.74. The van der Waals surface area contributed by atoms with Gasteiger partial charge in [0.15, 0.2) is 0 Å². The van der Waals surface area contributed by atoms with E-state index in [1.165, 1.54) is 0 Å². The predicted octanol–water partition coefficient (Wildman–Crippen LogP) is 4.56. The SMILES string of the molecule is FC(F)(F)C(F)(F)C(F)(C1=CCCC1)C(F)(F)F. The molecule has 0 fully saturated rings. The molecule has 0 radical (unpaired) electrons. The highest BCUT2D eigenvalue weighted by atomic mass is 19.4. The van der Waals surface area contributed by atoms with Gasteiger partial charge in [0.25, 0.3) is 5.67 Å². The molecule has 0 amide bonds. The topological polar surface area (TPSA) is 0 Å². The van der Waals surface area contributed by atoms with E-state index < -0.39 is 35.9 Å². The molecule has 1 aliphatic rings. The van der Waals surface area contributed by atoms with Crippen LogP contribution in [0.5, 0.6) is 0 Å². The van der Waals surface area contributed by atoms with E-state index in [1.807, 2.05) is 0 Å². The van der Waals surface area contributed by atoms with Crippen molar-refractivity contribution in [1.82, 2.24) is 0 Å². The Balaban J connectivity index is 3.39. The molecule has 9 heteroatoms. The first-order valence-electron chi connectivity index (χ1n) is 4.75. The highest BCUT2D eigenvalue weighted by molar-refractivity contribution is 5.29. The Hall–Kier alpha value is -0.890. The number of hydrogen-bond donors (Lipinski definition) is 0. The van der Waals surface area contributed by atoms with E-state index in [1.54, 1.807) is 0 Å². The zero-order chi connectivity index (χ0) is 14.4. The van der Waals surface area contributed by atoms with Crippen molar-refractivity contribution in [3.05, 3.63) is 11.6 Å². The van der Waals surface area contributed by atoms with Crippen LogP contribution in [0.15, 0.2) is 11.6 Å². The largest absolute Gasteiger partial charge is 0.457 e. The molecular formula is C9H7F9. The molecule has 0 aromatic carbocycles. The predicted molar refractivity (Wildman–Crippen MR) is 42.8 cm³/mol. The lowest BCUT2D eigenvalue weighted by atomic mass is 9.87. The minimum absolute atomic E-state index is 0.0922. The second-order valence-corrected chi connectivity index (χ2v) is 3.85. The molecule has 18 heavy (non-hydrogen) atoms. The van der Waals surface area contributed by atoms with Crippen LogP contribution in [0.1, 0.15) is 19.3 Å². The van der Waals surface area contributed by atoms with Crippen LogP contribution in [0, 0.1) is 0 Å². The summed E-state index contributed by atoms with van der Waals surface area (Å²) in [6, 6.07) is 0. The van der Waals surface area contributed by atoms with Gasteiger partial charge in [-0.05, 0) is 24.8 Å². The van der Waals surface area contributed by atoms with E-state index in [0.717, 1.165) is 0 Å². The summed E-state index contributed by atoms with van der Waals surface area (Å²) < 4.78 is 112. The molecule has 0 spiro atoms. The van der Waals surface area contributed by atoms with Crippen molar-refractivity contribution >= 4 is 0 Å². The molecule has 1 unspecified atom stereocenters. The van der Waals surface area contributed by atoms with Crippen molar-refractivity contribution in [1.29, 1.82) is 0 Å². The Bertz CT molecular complexity index is 348. The molecule has 0 aromatic rings. The van der Waals surface area contributed by atoms with Gasteiger partial charge in [-0.3, -0.25) is 0 Å². The fraction of sp³-hybridized carbons (Fsp3) is 0.778. The van der Waals surface area contributed by atoms with Gasteiger partial charge in [-0.25, -0.2) is 4.39 Å². The first kappa shape index (κ1) is 15.2. The third-order valence-corrected chi connectivity index (χ3v) is 2.66. The minimum atomic E-state index is -6.62. The highest BCUT2D eigenvalue weighted by Crippen LogP contribution is 2.57. The summed E-state index contributed by atoms with van der Waals surface area (Å²) in [7, 11) is 0. The summed E-state index contributed by atoms with van der Waals surface area (Å²) in [6.45, 7) is 0. The van der Waals surface area contributed by atoms with Crippen LogP contribution in [-0.2, 0) is 0 Å². The van der Waals surface area contributed by atoms with Crippen LogP contribution >= 0.6 is 0 Å². The van der Waals surface area contributed by atoms with Crippen LogP contribution in [0.3, 0.4) is 0 Å². The Morgan fingerprint density at radius 3 is 1.56 bits per heavy atom. The van der Waals surface area contributed by atoms with Crippen LogP contribution < -0.4 is 0 Å². The maximum atomic E-state index is 13.6. The third-order valence-electron chi connectivity index (χ3n) is 2.66. The third kappa shape index (κ3) is 1.97. The quantitative estimate of drug-likeness (QED) is 0.515. The molecule has 1 aliphatic carbocycles. The van der Waals surface area contributed by atoms with Crippen LogP contribution in [0.25, 0.3) is 0 Å². The van der Waals surface area contributed by atoms with E-state index in [4.69, 9.17) is 0 Å². The van der Waals surface area contributed by atoms with Crippen LogP contribution in [0.2, 0.25) is 0 Å². The van der Waals surface area contributed by atoms with Crippen molar-refractivity contribution in [3.8, 4) is 0 Å². The van der Waals surface area contributed by atoms with E-state index in [9.17, 15) is 39.5 Å². The zero-order valence-corrected chi connectivity index (χ0v) is 8.60. The second kappa shape index (κ2) is 4.06. The average molecular weight is 286 g/mol. The van der Waals surface area contributed by atoms with Crippen molar-refractivity contribution in [2.75, 3.05) is 0 Å². The van der Waals surface area contributed by atoms with E-state index in [-0.39, 0.29) is 12.8 Å². The van der Waals surface area contributed by atoms with Gasteiger partial charge in [-0.15, -0.1) is 0 Å². The maximum Gasteiger partial charge on any atom is 0.457 e. The number of alkyl halides is 9. The molecule has 0 nitrogen and oxygen atoms in total. The van der Waals surface area contributed by atoms with Crippen molar-refractivity contribution in [2.24, 2.45) is 0 Å². The zero-order valence-electron chi connectivity index (χ0n) is 8.60. The van der Waals surface area contributed by atoms with Crippen molar-refractivity contribution < 1.29 is 39.5 Å². The summed E-state index contributed by atoms with van der Waals surface area (Å²) in [4.78, 5) is 0. The number of allylic oxidation sites excluding steroid dienone is 2. The Morgan fingerprint density at radius 1 is 0.778 bits per heavy atom. The van der Waals surface area contributed by atoms with Crippen molar-refractivity contribution in [3.63, 3.8) is 0 Å². The minimum Gasteiger partial charge on any atom is -0.222 e. The molecule has 0 aliphatic heterocycles. The molecule has 1 rings (SSSR count). The molecule has 0 aromatic heterocycles. The van der Waals surface area contributed by atoms with Gasteiger partial charge in [0.1, 0.15) is 0 Å². The molecule has 0 saturated heterocycles. The molecular weight excluding hydrogens is 279 g/mol. The molecule has 0 bridgehead atoms. The fourth-order valence-corrected chi connectivity index (χ4v) is 1.74. The molecule has 0 saturated carbocycles. The molecule has 0 heterocycles. The van der Waals surface area contributed by atoms with Gasteiger partial charge < -0.3 is 0 Å². The smallest absolute Gasteiger partial charge is 0.222 e. The first-order valence-corrected chi connectivity index (χ1v) is 4.75. The Morgan fingerprint density at radius 2 is 1.28 bits per heavy atom. The lowest BCUT2D eigenvalue weighted by Crippen LogP contribution is -2.62. The lowest BCUT2D eigenvalue weighted by Gasteiger charge is -2.36. The standard InChI is InChI=1S/C9H7F9/c10-6(8(13,14)15,5-3-1-2-4-5)7(11,12)9(16,17)18/h3H,1-2,4H2. The van der Waals surface area contributed by atoms with Crippen molar-refractivity contribution in [2.45, 2.75) is 43.2 Å². The van der Waals surface area contributed by atoms with E-state index >= 15 is 0 Å². The normalized spacial score (nSPS) is 21.7. The summed E-state index contributed by atoms with van der Waals surface area (Å²) >= 11 is 0.